The van der Waals surface area contributed by atoms with Gasteiger partial charge in [0.05, 0.1) is 5.56 Å². The number of hydrogen-bond acceptors (Lipinski definition) is 3. The molecule has 0 bridgehead atoms. The maximum absolute atomic E-state index is 14.5. The van der Waals surface area contributed by atoms with E-state index in [4.69, 9.17) is 0 Å². The molecule has 0 amide bonds. The van der Waals surface area contributed by atoms with E-state index in [2.05, 4.69) is 29.3 Å². The number of halogens is 1. The van der Waals surface area contributed by atoms with Gasteiger partial charge in [0.25, 0.3) is 0 Å². The summed E-state index contributed by atoms with van der Waals surface area (Å²) in [6, 6.07) is 23.1. The Morgan fingerprint density at radius 3 is 2.32 bits per heavy atom. The molecule has 0 atom stereocenters. The van der Waals surface area contributed by atoms with Crippen molar-refractivity contribution in [1.82, 2.24) is 14.8 Å². The Morgan fingerprint density at radius 2 is 1.57 bits per heavy atom. The van der Waals surface area contributed by atoms with Crippen LogP contribution in [0.4, 0.5) is 4.39 Å². The Hall–Kier alpha value is -2.92. The van der Waals surface area contributed by atoms with Crippen LogP contribution in [0.25, 0.3) is 17.1 Å². The van der Waals surface area contributed by atoms with Crippen LogP contribution in [0.2, 0.25) is 0 Å². The van der Waals surface area contributed by atoms with Crippen molar-refractivity contribution in [2.75, 3.05) is 0 Å². The Bertz CT molecular complexity index is 1100. The molecule has 0 radical (unpaired) electrons. The molecule has 1 aromatic heterocycles. The fourth-order valence-electron chi connectivity index (χ4n) is 3.02. The first-order valence-corrected chi connectivity index (χ1v) is 10.1. The number of benzene rings is 3. The van der Waals surface area contributed by atoms with Crippen molar-refractivity contribution in [1.29, 1.82) is 0 Å². The van der Waals surface area contributed by atoms with E-state index in [1.807, 2.05) is 54.0 Å². The zero-order chi connectivity index (χ0) is 19.5. The molecular weight excluding hydrogens is 369 g/mol. The van der Waals surface area contributed by atoms with E-state index in [9.17, 15) is 4.39 Å². The van der Waals surface area contributed by atoms with Gasteiger partial charge in [-0.15, -0.1) is 10.2 Å². The Kier molecular flexibility index (Phi) is 5.26. The van der Waals surface area contributed by atoms with Crippen molar-refractivity contribution >= 4 is 11.8 Å². The molecule has 4 aromatic rings. The van der Waals surface area contributed by atoms with Gasteiger partial charge >= 0.3 is 0 Å². The lowest BCUT2D eigenvalue weighted by atomic mass is 10.1. The SMILES string of the molecule is Cc1ccc(-n2c(SCc3ccccc3C)nnc2-c2ccccc2F)cc1. The minimum Gasteiger partial charge on any atom is -0.270 e. The molecule has 0 N–H and O–H groups in total. The van der Waals surface area contributed by atoms with Gasteiger partial charge in [-0.25, -0.2) is 4.39 Å². The molecule has 0 aliphatic heterocycles. The zero-order valence-corrected chi connectivity index (χ0v) is 16.6. The second-order valence-corrected chi connectivity index (χ2v) is 7.61. The Morgan fingerprint density at radius 1 is 0.857 bits per heavy atom. The minimum absolute atomic E-state index is 0.307. The van der Waals surface area contributed by atoms with Crippen molar-refractivity contribution in [2.24, 2.45) is 0 Å². The van der Waals surface area contributed by atoms with Crippen molar-refractivity contribution < 1.29 is 4.39 Å². The Labute approximate surface area is 168 Å². The lowest BCUT2D eigenvalue weighted by Gasteiger charge is -2.12. The summed E-state index contributed by atoms with van der Waals surface area (Å²) >= 11 is 1.60. The normalized spacial score (nSPS) is 11.0. The smallest absolute Gasteiger partial charge is 0.196 e. The van der Waals surface area contributed by atoms with E-state index < -0.39 is 0 Å². The predicted octanol–water partition coefficient (Wildman–Crippen LogP) is 5.98. The summed E-state index contributed by atoms with van der Waals surface area (Å²) in [4.78, 5) is 0. The zero-order valence-electron chi connectivity index (χ0n) is 15.8. The number of thioether (sulfide) groups is 1. The van der Waals surface area contributed by atoms with Crippen LogP contribution in [0.15, 0.2) is 78.0 Å². The lowest BCUT2D eigenvalue weighted by molar-refractivity contribution is 0.629. The molecule has 0 aliphatic rings. The van der Waals surface area contributed by atoms with Crippen LogP contribution in [0, 0.1) is 19.7 Å². The average molecular weight is 389 g/mol. The molecule has 140 valence electrons. The molecule has 0 fully saturated rings. The van der Waals surface area contributed by atoms with E-state index >= 15 is 0 Å². The monoisotopic (exact) mass is 389 g/mol. The van der Waals surface area contributed by atoms with E-state index in [0.717, 1.165) is 16.6 Å². The molecule has 3 aromatic carbocycles. The second kappa shape index (κ2) is 7.98. The maximum Gasteiger partial charge on any atom is 0.196 e. The summed E-state index contributed by atoms with van der Waals surface area (Å²) in [6.07, 6.45) is 0. The summed E-state index contributed by atoms with van der Waals surface area (Å²) in [5.41, 5.74) is 5.02. The van der Waals surface area contributed by atoms with E-state index in [-0.39, 0.29) is 5.82 Å². The second-order valence-electron chi connectivity index (χ2n) is 6.67. The highest BCUT2D eigenvalue weighted by Crippen LogP contribution is 2.31. The number of hydrogen-bond donors (Lipinski definition) is 0. The van der Waals surface area contributed by atoms with Gasteiger partial charge in [-0.1, -0.05) is 65.9 Å². The first-order valence-electron chi connectivity index (χ1n) is 9.08. The number of nitrogens with zero attached hydrogens (tertiary/aromatic N) is 3. The van der Waals surface area contributed by atoms with Gasteiger partial charge in [0, 0.05) is 11.4 Å². The number of rotatable bonds is 5. The summed E-state index contributed by atoms with van der Waals surface area (Å²) < 4.78 is 16.4. The largest absolute Gasteiger partial charge is 0.270 e. The molecule has 0 saturated carbocycles. The van der Waals surface area contributed by atoms with Crippen LogP contribution < -0.4 is 0 Å². The highest BCUT2D eigenvalue weighted by Gasteiger charge is 2.18. The summed E-state index contributed by atoms with van der Waals surface area (Å²) in [5, 5.41) is 9.46. The molecular formula is C23H20FN3S. The highest BCUT2D eigenvalue weighted by molar-refractivity contribution is 7.98. The Balaban J connectivity index is 1.77. The van der Waals surface area contributed by atoms with Crippen LogP contribution in [0.3, 0.4) is 0 Å². The lowest BCUT2D eigenvalue weighted by Crippen LogP contribution is -2.01. The van der Waals surface area contributed by atoms with Crippen LogP contribution in [0.1, 0.15) is 16.7 Å². The van der Waals surface area contributed by atoms with Gasteiger partial charge in [-0.2, -0.15) is 0 Å². The van der Waals surface area contributed by atoms with Crippen molar-refractivity contribution in [3.05, 3.63) is 95.3 Å². The quantitative estimate of drug-likeness (QED) is 0.393. The van der Waals surface area contributed by atoms with Gasteiger partial charge in [-0.3, -0.25) is 4.57 Å². The minimum atomic E-state index is -0.307. The molecule has 0 unspecified atom stereocenters. The van der Waals surface area contributed by atoms with Gasteiger partial charge in [0.1, 0.15) is 5.82 Å². The van der Waals surface area contributed by atoms with Crippen LogP contribution in [-0.4, -0.2) is 14.8 Å². The topological polar surface area (TPSA) is 30.7 Å². The van der Waals surface area contributed by atoms with E-state index in [0.29, 0.717) is 11.4 Å². The third-order valence-electron chi connectivity index (χ3n) is 4.66. The molecule has 0 saturated heterocycles. The molecule has 28 heavy (non-hydrogen) atoms. The third kappa shape index (κ3) is 3.71. The van der Waals surface area contributed by atoms with Gasteiger partial charge in [0.15, 0.2) is 11.0 Å². The van der Waals surface area contributed by atoms with Crippen LogP contribution in [-0.2, 0) is 5.75 Å². The standard InChI is InChI=1S/C23H20FN3S/c1-16-11-13-19(14-12-16)27-22(20-9-5-6-10-21(20)24)25-26-23(27)28-15-18-8-4-3-7-17(18)2/h3-14H,15H2,1-2H3. The fraction of sp³-hybridized carbons (Fsp3) is 0.130. The van der Waals surface area contributed by atoms with Gasteiger partial charge in [0.2, 0.25) is 0 Å². The van der Waals surface area contributed by atoms with Crippen LogP contribution in [0.5, 0.6) is 0 Å². The molecule has 5 heteroatoms. The van der Waals surface area contributed by atoms with Crippen molar-refractivity contribution in [3.63, 3.8) is 0 Å². The third-order valence-corrected chi connectivity index (χ3v) is 5.64. The summed E-state index contributed by atoms with van der Waals surface area (Å²) in [5.74, 6) is 0.974. The molecule has 0 spiro atoms. The highest BCUT2D eigenvalue weighted by atomic mass is 32.2. The van der Waals surface area contributed by atoms with E-state index in [1.54, 1.807) is 23.9 Å². The maximum atomic E-state index is 14.5. The first-order chi connectivity index (χ1) is 13.6. The number of aryl methyl sites for hydroxylation is 2. The van der Waals surface area contributed by atoms with Crippen LogP contribution >= 0.6 is 11.8 Å². The fourth-order valence-corrected chi connectivity index (χ4v) is 4.05. The van der Waals surface area contributed by atoms with Gasteiger partial charge < -0.3 is 0 Å². The summed E-state index contributed by atoms with van der Waals surface area (Å²) in [6.45, 7) is 4.15. The summed E-state index contributed by atoms with van der Waals surface area (Å²) in [7, 11) is 0. The molecule has 4 rings (SSSR count). The molecule has 0 aliphatic carbocycles. The van der Waals surface area contributed by atoms with Crippen molar-refractivity contribution in [3.8, 4) is 17.1 Å². The first kappa shape index (κ1) is 18.4. The predicted molar refractivity (Wildman–Crippen MR) is 112 cm³/mol. The van der Waals surface area contributed by atoms with E-state index in [1.165, 1.54) is 22.8 Å². The molecule has 3 nitrogen and oxygen atoms in total. The number of aromatic nitrogens is 3. The average Bonchev–Trinajstić information content (AvgIpc) is 3.12. The molecule has 1 heterocycles. The van der Waals surface area contributed by atoms with Crippen molar-refractivity contribution in [2.45, 2.75) is 24.8 Å². The van der Waals surface area contributed by atoms with Gasteiger partial charge in [-0.05, 0) is 49.2 Å².